The molecule has 0 spiro atoms. The lowest BCUT2D eigenvalue weighted by Gasteiger charge is -2.29. The Morgan fingerprint density at radius 3 is 2.50 bits per heavy atom. The van der Waals surface area contributed by atoms with E-state index in [1.165, 1.54) is 0 Å². The number of hydrogen-bond donors (Lipinski definition) is 0. The maximum absolute atomic E-state index is 5.37. The third-order valence-corrected chi connectivity index (χ3v) is 1.23. The minimum Gasteiger partial charge on any atom is -0.373 e. The lowest BCUT2D eigenvalue weighted by Crippen LogP contribution is -2.41. The third-order valence-electron chi connectivity index (χ3n) is 1.23. The van der Waals surface area contributed by atoms with E-state index in [9.17, 15) is 0 Å². The zero-order valence-corrected chi connectivity index (χ0v) is 5.48. The first-order valence-electron chi connectivity index (χ1n) is 2.98. The molecule has 0 N–H and O–H groups in total. The number of morpholine rings is 1. The molecule has 1 saturated heterocycles. The van der Waals surface area contributed by atoms with Gasteiger partial charge in [0, 0.05) is 13.1 Å². The summed E-state index contributed by atoms with van der Waals surface area (Å²) in [6.07, 6.45) is 0. The van der Waals surface area contributed by atoms with Crippen molar-refractivity contribution in [3.8, 4) is 0 Å². The lowest BCUT2D eigenvalue weighted by atomic mass is 10.1. The van der Waals surface area contributed by atoms with Crippen LogP contribution in [-0.4, -0.2) is 25.3 Å². The summed E-state index contributed by atoms with van der Waals surface area (Å²) in [6.45, 7) is 6.66. The van der Waals surface area contributed by atoms with Crippen molar-refractivity contribution >= 4 is 0 Å². The molecular weight excluding hydrogens is 102 g/mol. The molecule has 0 aromatic carbocycles. The Morgan fingerprint density at radius 2 is 2.25 bits per heavy atom. The van der Waals surface area contributed by atoms with Crippen LogP contribution >= 0.6 is 0 Å². The van der Waals surface area contributed by atoms with E-state index < -0.39 is 0 Å². The summed E-state index contributed by atoms with van der Waals surface area (Å²) in [7, 11) is 0. The van der Waals surface area contributed by atoms with Gasteiger partial charge in [0.15, 0.2) is 0 Å². The summed E-state index contributed by atoms with van der Waals surface area (Å²) in [4.78, 5) is 0. The predicted molar refractivity (Wildman–Crippen MR) is 31.9 cm³/mol. The van der Waals surface area contributed by atoms with Gasteiger partial charge in [0.2, 0.25) is 0 Å². The Morgan fingerprint density at radius 1 is 1.50 bits per heavy atom. The van der Waals surface area contributed by atoms with Gasteiger partial charge in [-0.05, 0) is 13.8 Å². The summed E-state index contributed by atoms with van der Waals surface area (Å²) in [6, 6.07) is 0. The topological polar surface area (TPSA) is 23.3 Å². The van der Waals surface area contributed by atoms with Gasteiger partial charge in [0.1, 0.15) is 0 Å². The SMILES string of the molecule is CC1(C)C[N]CCO1. The van der Waals surface area contributed by atoms with E-state index in [-0.39, 0.29) is 5.60 Å². The van der Waals surface area contributed by atoms with E-state index in [2.05, 4.69) is 19.2 Å². The van der Waals surface area contributed by atoms with E-state index in [0.29, 0.717) is 0 Å². The molecule has 0 aromatic rings. The van der Waals surface area contributed by atoms with Crippen molar-refractivity contribution in [3.05, 3.63) is 0 Å². The summed E-state index contributed by atoms with van der Waals surface area (Å²) < 4.78 is 5.37. The van der Waals surface area contributed by atoms with Crippen LogP contribution < -0.4 is 5.32 Å². The lowest BCUT2D eigenvalue weighted by molar-refractivity contribution is -0.0398. The number of nitrogens with zero attached hydrogens (tertiary/aromatic N) is 1. The van der Waals surface area contributed by atoms with Crippen molar-refractivity contribution in [3.63, 3.8) is 0 Å². The molecular formula is C6H12NO. The van der Waals surface area contributed by atoms with Crippen molar-refractivity contribution in [2.75, 3.05) is 19.7 Å². The van der Waals surface area contributed by atoms with Gasteiger partial charge in [-0.2, -0.15) is 0 Å². The quantitative estimate of drug-likeness (QED) is 0.447. The van der Waals surface area contributed by atoms with Gasteiger partial charge < -0.3 is 4.74 Å². The predicted octanol–water partition coefficient (Wildman–Crippen LogP) is 0.400. The average molecular weight is 114 g/mol. The molecule has 0 saturated carbocycles. The molecule has 1 heterocycles. The van der Waals surface area contributed by atoms with E-state index in [4.69, 9.17) is 4.74 Å². The van der Waals surface area contributed by atoms with E-state index in [1.54, 1.807) is 0 Å². The molecule has 0 atom stereocenters. The van der Waals surface area contributed by atoms with Crippen LogP contribution in [0, 0.1) is 0 Å². The fourth-order valence-corrected chi connectivity index (χ4v) is 0.780. The van der Waals surface area contributed by atoms with Crippen LogP contribution in [0.1, 0.15) is 13.8 Å². The van der Waals surface area contributed by atoms with Crippen molar-refractivity contribution in [2.24, 2.45) is 0 Å². The van der Waals surface area contributed by atoms with Gasteiger partial charge in [-0.25, -0.2) is 5.32 Å². The smallest absolute Gasteiger partial charge is 0.0767 e. The number of rotatable bonds is 0. The number of hydrogen-bond acceptors (Lipinski definition) is 1. The zero-order valence-electron chi connectivity index (χ0n) is 5.48. The normalized spacial score (nSPS) is 27.8. The molecule has 0 aromatic heterocycles. The van der Waals surface area contributed by atoms with E-state index in [0.717, 1.165) is 19.7 Å². The third kappa shape index (κ3) is 1.46. The van der Waals surface area contributed by atoms with Crippen molar-refractivity contribution < 1.29 is 4.74 Å². The average Bonchev–Trinajstić information content (AvgIpc) is 1.65. The second kappa shape index (κ2) is 2.03. The summed E-state index contributed by atoms with van der Waals surface area (Å²) >= 11 is 0. The van der Waals surface area contributed by atoms with E-state index >= 15 is 0 Å². The second-order valence-corrected chi connectivity index (χ2v) is 2.71. The van der Waals surface area contributed by atoms with Gasteiger partial charge >= 0.3 is 0 Å². The van der Waals surface area contributed by atoms with Crippen LogP contribution in [0.15, 0.2) is 0 Å². The highest BCUT2D eigenvalue weighted by molar-refractivity contribution is 4.74. The Labute approximate surface area is 50.2 Å². The molecule has 2 heteroatoms. The molecule has 2 nitrogen and oxygen atoms in total. The first kappa shape index (κ1) is 6.05. The van der Waals surface area contributed by atoms with Crippen LogP contribution in [-0.2, 0) is 4.74 Å². The Kier molecular flexibility index (Phi) is 1.54. The van der Waals surface area contributed by atoms with Gasteiger partial charge in [-0.3, -0.25) is 0 Å². The maximum Gasteiger partial charge on any atom is 0.0767 e. The first-order chi connectivity index (χ1) is 3.71. The van der Waals surface area contributed by atoms with Gasteiger partial charge in [-0.1, -0.05) is 0 Å². The highest BCUT2D eigenvalue weighted by atomic mass is 16.5. The van der Waals surface area contributed by atoms with Crippen molar-refractivity contribution in [2.45, 2.75) is 19.4 Å². The molecule has 0 bridgehead atoms. The maximum atomic E-state index is 5.37. The molecule has 1 radical (unpaired) electrons. The molecule has 1 fully saturated rings. The summed E-state index contributed by atoms with van der Waals surface area (Å²) in [5.74, 6) is 0. The Hall–Kier alpha value is -0.0800. The largest absolute Gasteiger partial charge is 0.373 e. The molecule has 0 unspecified atom stereocenters. The molecule has 1 rings (SSSR count). The molecule has 1 aliphatic rings. The van der Waals surface area contributed by atoms with E-state index in [1.807, 2.05) is 0 Å². The molecule has 0 aliphatic carbocycles. The Bertz CT molecular complexity index is 72.6. The van der Waals surface area contributed by atoms with Crippen LogP contribution in [0.5, 0.6) is 0 Å². The molecule has 1 aliphatic heterocycles. The minimum absolute atomic E-state index is 0.0122. The standard InChI is InChI=1S/C6H12NO/c1-6(2)5-7-3-4-8-6/h3-5H2,1-2H3. The monoisotopic (exact) mass is 114 g/mol. The van der Waals surface area contributed by atoms with Gasteiger partial charge in [0.25, 0.3) is 0 Å². The molecule has 0 amide bonds. The second-order valence-electron chi connectivity index (χ2n) is 2.71. The summed E-state index contributed by atoms with van der Waals surface area (Å²) in [5.41, 5.74) is 0.0122. The first-order valence-corrected chi connectivity index (χ1v) is 2.98. The van der Waals surface area contributed by atoms with Gasteiger partial charge in [-0.15, -0.1) is 0 Å². The van der Waals surface area contributed by atoms with Crippen LogP contribution in [0.2, 0.25) is 0 Å². The van der Waals surface area contributed by atoms with Crippen LogP contribution in [0.25, 0.3) is 0 Å². The van der Waals surface area contributed by atoms with Crippen molar-refractivity contribution in [1.29, 1.82) is 0 Å². The van der Waals surface area contributed by atoms with Crippen LogP contribution in [0.4, 0.5) is 0 Å². The Balaban J connectivity index is 2.33. The molecule has 47 valence electrons. The summed E-state index contributed by atoms with van der Waals surface area (Å²) in [5, 5.41) is 4.20. The highest BCUT2D eigenvalue weighted by Crippen LogP contribution is 2.09. The van der Waals surface area contributed by atoms with Crippen molar-refractivity contribution in [1.82, 2.24) is 5.32 Å². The minimum atomic E-state index is 0.0122. The number of ether oxygens (including phenoxy) is 1. The fraction of sp³-hybridized carbons (Fsp3) is 1.00. The highest BCUT2D eigenvalue weighted by Gasteiger charge is 2.21. The molecule has 8 heavy (non-hydrogen) atoms. The fourth-order valence-electron chi connectivity index (χ4n) is 0.780. The van der Waals surface area contributed by atoms with Crippen LogP contribution in [0.3, 0.4) is 0 Å². The van der Waals surface area contributed by atoms with Gasteiger partial charge in [0.05, 0.1) is 12.2 Å². The zero-order chi connectivity index (χ0) is 6.04.